The van der Waals surface area contributed by atoms with Crippen molar-refractivity contribution in [3.63, 3.8) is 0 Å². The third-order valence-corrected chi connectivity index (χ3v) is 3.77. The van der Waals surface area contributed by atoms with E-state index in [0.717, 1.165) is 16.6 Å². The first-order valence-corrected chi connectivity index (χ1v) is 7.45. The molecular formula is C11H15N3O5S. The number of carbonyl (C=O) groups is 1. The van der Waals surface area contributed by atoms with Crippen molar-refractivity contribution >= 4 is 27.3 Å². The number of nitro benzene ring substituents is 1. The third kappa shape index (κ3) is 3.67. The van der Waals surface area contributed by atoms with E-state index in [1.165, 1.54) is 19.2 Å². The molecule has 20 heavy (non-hydrogen) atoms. The van der Waals surface area contributed by atoms with Gasteiger partial charge in [-0.25, -0.2) is 8.42 Å². The van der Waals surface area contributed by atoms with Crippen molar-refractivity contribution in [3.8, 4) is 0 Å². The summed E-state index contributed by atoms with van der Waals surface area (Å²) in [6.45, 7) is 1.18. The monoisotopic (exact) mass is 301 g/mol. The number of non-ortho nitro benzene ring substituents is 1. The molecule has 0 radical (unpaired) electrons. The zero-order valence-corrected chi connectivity index (χ0v) is 12.1. The van der Waals surface area contributed by atoms with Crippen LogP contribution in [0, 0.1) is 17.0 Å². The van der Waals surface area contributed by atoms with Gasteiger partial charge in [-0.3, -0.25) is 19.2 Å². The molecule has 0 spiro atoms. The molecule has 110 valence electrons. The summed E-state index contributed by atoms with van der Waals surface area (Å²) in [7, 11) is -2.36. The highest BCUT2D eigenvalue weighted by Crippen LogP contribution is 2.27. The summed E-state index contributed by atoms with van der Waals surface area (Å²) in [6.07, 6.45) is 0.939. The van der Waals surface area contributed by atoms with E-state index in [4.69, 9.17) is 0 Å². The van der Waals surface area contributed by atoms with Gasteiger partial charge in [-0.1, -0.05) is 6.07 Å². The molecule has 0 aliphatic heterocycles. The summed E-state index contributed by atoms with van der Waals surface area (Å²) in [4.78, 5) is 21.6. The SMILES string of the molecule is CNC(=O)CN(c1cc([N+](=O)[O-])ccc1C)S(C)(=O)=O. The summed E-state index contributed by atoms with van der Waals surface area (Å²) < 4.78 is 24.4. The summed E-state index contributed by atoms with van der Waals surface area (Å²) in [5, 5.41) is 13.1. The van der Waals surface area contributed by atoms with Crippen LogP contribution in [0.15, 0.2) is 18.2 Å². The Kier molecular flexibility index (Phi) is 4.66. The molecule has 0 saturated carbocycles. The molecule has 9 heteroatoms. The minimum Gasteiger partial charge on any atom is -0.358 e. The van der Waals surface area contributed by atoms with Crippen molar-refractivity contribution in [2.75, 3.05) is 24.2 Å². The first-order valence-electron chi connectivity index (χ1n) is 5.60. The highest BCUT2D eigenvalue weighted by molar-refractivity contribution is 7.92. The van der Waals surface area contributed by atoms with Crippen LogP contribution >= 0.6 is 0 Å². The fourth-order valence-electron chi connectivity index (χ4n) is 1.57. The molecule has 0 heterocycles. The Morgan fingerprint density at radius 2 is 2.05 bits per heavy atom. The molecule has 0 atom stereocenters. The van der Waals surface area contributed by atoms with Gasteiger partial charge in [-0.15, -0.1) is 0 Å². The molecule has 1 N–H and O–H groups in total. The molecule has 0 aromatic heterocycles. The molecule has 0 saturated heterocycles. The standard InChI is InChI=1S/C11H15N3O5S/c1-8-4-5-9(14(16)17)6-10(8)13(20(3,18)19)7-11(15)12-2/h4-6H,7H2,1-3H3,(H,12,15). The second-order valence-corrected chi connectivity index (χ2v) is 6.08. The lowest BCUT2D eigenvalue weighted by molar-refractivity contribution is -0.384. The van der Waals surface area contributed by atoms with Gasteiger partial charge >= 0.3 is 0 Å². The fourth-order valence-corrected chi connectivity index (χ4v) is 2.48. The number of nitrogens with zero attached hydrogens (tertiary/aromatic N) is 2. The lowest BCUT2D eigenvalue weighted by atomic mass is 10.2. The number of sulfonamides is 1. The van der Waals surface area contributed by atoms with E-state index in [2.05, 4.69) is 5.32 Å². The molecule has 1 aromatic carbocycles. The number of nitrogens with one attached hydrogen (secondary N) is 1. The number of amides is 1. The first kappa shape index (κ1) is 15.9. The van der Waals surface area contributed by atoms with Crippen molar-refractivity contribution in [1.29, 1.82) is 0 Å². The molecule has 1 amide bonds. The van der Waals surface area contributed by atoms with Crippen LogP contribution in [0.1, 0.15) is 5.56 Å². The van der Waals surface area contributed by atoms with Crippen LogP contribution in [0.4, 0.5) is 11.4 Å². The average molecular weight is 301 g/mol. The van der Waals surface area contributed by atoms with Gasteiger partial charge in [0.05, 0.1) is 16.9 Å². The highest BCUT2D eigenvalue weighted by Gasteiger charge is 2.23. The number of hydrogen-bond acceptors (Lipinski definition) is 5. The predicted molar refractivity (Wildman–Crippen MR) is 74.1 cm³/mol. The molecule has 0 fully saturated rings. The Balaban J connectivity index is 3.37. The highest BCUT2D eigenvalue weighted by atomic mass is 32.2. The summed E-state index contributed by atoms with van der Waals surface area (Å²) in [5.74, 6) is -0.513. The maximum atomic E-state index is 11.8. The smallest absolute Gasteiger partial charge is 0.271 e. The predicted octanol–water partition coefficient (Wildman–Crippen LogP) is 0.415. The van der Waals surface area contributed by atoms with Crippen LogP contribution in [0.3, 0.4) is 0 Å². The summed E-state index contributed by atoms with van der Waals surface area (Å²) in [6, 6.07) is 3.86. The van der Waals surface area contributed by atoms with Gasteiger partial charge in [0.1, 0.15) is 6.54 Å². The zero-order chi connectivity index (χ0) is 15.5. The van der Waals surface area contributed by atoms with Crippen molar-refractivity contribution in [3.05, 3.63) is 33.9 Å². The Bertz CT molecular complexity index is 641. The largest absolute Gasteiger partial charge is 0.358 e. The minimum atomic E-state index is -3.74. The lowest BCUT2D eigenvalue weighted by Crippen LogP contribution is -2.39. The number of hydrogen-bond donors (Lipinski definition) is 1. The Labute approximate surface area is 116 Å². The second-order valence-electron chi connectivity index (χ2n) is 4.17. The van der Waals surface area contributed by atoms with E-state index in [9.17, 15) is 23.3 Å². The number of carbonyl (C=O) groups excluding carboxylic acids is 1. The van der Waals surface area contributed by atoms with Crippen LogP contribution in [-0.2, 0) is 14.8 Å². The molecular weight excluding hydrogens is 286 g/mol. The molecule has 0 aliphatic carbocycles. The van der Waals surface area contributed by atoms with Crippen molar-refractivity contribution in [2.45, 2.75) is 6.92 Å². The van der Waals surface area contributed by atoms with Gasteiger partial charge in [-0.2, -0.15) is 0 Å². The Hall–Kier alpha value is -2.16. The quantitative estimate of drug-likeness (QED) is 0.626. The third-order valence-electron chi connectivity index (χ3n) is 2.64. The van der Waals surface area contributed by atoms with Crippen LogP contribution in [0.5, 0.6) is 0 Å². The topological polar surface area (TPSA) is 110 Å². The van der Waals surface area contributed by atoms with Gasteiger partial charge in [0.2, 0.25) is 15.9 Å². The van der Waals surface area contributed by atoms with Gasteiger partial charge in [-0.05, 0) is 12.5 Å². The minimum absolute atomic E-state index is 0.116. The molecule has 0 unspecified atom stereocenters. The summed E-state index contributed by atoms with van der Waals surface area (Å²) >= 11 is 0. The molecule has 0 aliphatic rings. The van der Waals surface area contributed by atoms with Crippen LogP contribution in [0.25, 0.3) is 0 Å². The first-order chi connectivity index (χ1) is 9.16. The number of benzene rings is 1. The number of aryl methyl sites for hydroxylation is 1. The van der Waals surface area contributed by atoms with Crippen LogP contribution < -0.4 is 9.62 Å². The zero-order valence-electron chi connectivity index (χ0n) is 11.3. The molecule has 0 bridgehead atoms. The van der Waals surface area contributed by atoms with E-state index >= 15 is 0 Å². The fraction of sp³-hybridized carbons (Fsp3) is 0.364. The summed E-state index contributed by atoms with van der Waals surface area (Å²) in [5.41, 5.74) is 0.395. The van der Waals surface area contributed by atoms with Gasteiger partial charge in [0, 0.05) is 19.2 Å². The van der Waals surface area contributed by atoms with E-state index < -0.39 is 27.4 Å². The van der Waals surface area contributed by atoms with Gasteiger partial charge in [0.15, 0.2) is 0 Å². The number of likely N-dealkylation sites (N-methyl/N-ethyl adjacent to an activating group) is 1. The Morgan fingerprint density at radius 1 is 1.45 bits per heavy atom. The second kappa shape index (κ2) is 5.87. The Morgan fingerprint density at radius 3 is 2.50 bits per heavy atom. The van der Waals surface area contributed by atoms with E-state index in [0.29, 0.717) is 5.56 Å². The normalized spacial score (nSPS) is 10.9. The van der Waals surface area contributed by atoms with E-state index in [1.807, 2.05) is 0 Å². The molecule has 8 nitrogen and oxygen atoms in total. The van der Waals surface area contributed by atoms with Crippen molar-refractivity contribution in [2.24, 2.45) is 0 Å². The van der Waals surface area contributed by atoms with E-state index in [-0.39, 0.29) is 11.4 Å². The average Bonchev–Trinajstić information content (AvgIpc) is 2.35. The van der Waals surface area contributed by atoms with E-state index in [1.54, 1.807) is 6.92 Å². The van der Waals surface area contributed by atoms with Crippen LogP contribution in [-0.4, -0.2) is 39.1 Å². The van der Waals surface area contributed by atoms with Gasteiger partial charge < -0.3 is 5.32 Å². The van der Waals surface area contributed by atoms with Crippen molar-refractivity contribution < 1.29 is 18.1 Å². The number of rotatable bonds is 5. The number of nitro groups is 1. The lowest BCUT2D eigenvalue weighted by Gasteiger charge is -2.23. The molecule has 1 aromatic rings. The molecule has 1 rings (SSSR count). The van der Waals surface area contributed by atoms with Crippen molar-refractivity contribution in [1.82, 2.24) is 5.32 Å². The number of anilines is 1. The van der Waals surface area contributed by atoms with Crippen LogP contribution in [0.2, 0.25) is 0 Å². The maximum Gasteiger partial charge on any atom is 0.271 e. The maximum absolute atomic E-state index is 11.8. The van der Waals surface area contributed by atoms with Gasteiger partial charge in [0.25, 0.3) is 5.69 Å².